The molecule has 0 bridgehead atoms. The molecule has 0 unspecified atom stereocenters. The van der Waals surface area contributed by atoms with Crippen LogP contribution in [0.5, 0.6) is 0 Å². The van der Waals surface area contributed by atoms with Crippen LogP contribution < -0.4 is 0 Å². The molecule has 0 atom stereocenters. The molecule has 2 saturated heterocycles. The third-order valence-corrected chi connectivity index (χ3v) is 5.00. The van der Waals surface area contributed by atoms with Crippen LogP contribution in [0.15, 0.2) is 24.3 Å². The number of ether oxygens (including phenoxy) is 2. The van der Waals surface area contributed by atoms with Gasteiger partial charge in [0, 0.05) is 5.92 Å². The van der Waals surface area contributed by atoms with Crippen LogP contribution >= 0.6 is 0 Å². The summed E-state index contributed by atoms with van der Waals surface area (Å²) >= 11 is 0. The summed E-state index contributed by atoms with van der Waals surface area (Å²) in [4.78, 5) is 2.23. The van der Waals surface area contributed by atoms with E-state index in [1.807, 2.05) is 0 Å². The molecule has 3 heterocycles. The predicted octanol–water partition coefficient (Wildman–Crippen LogP) is 2.27. The first kappa shape index (κ1) is 18.3. The van der Waals surface area contributed by atoms with Crippen molar-refractivity contribution in [2.45, 2.75) is 31.9 Å². The summed E-state index contributed by atoms with van der Waals surface area (Å²) in [6.45, 7) is 3.59. The average molecular weight is 383 g/mol. The van der Waals surface area contributed by atoms with Crippen LogP contribution in [0.25, 0.3) is 5.69 Å². The van der Waals surface area contributed by atoms with Gasteiger partial charge in [0.15, 0.2) is 12.1 Å². The lowest BCUT2D eigenvalue weighted by Gasteiger charge is -2.33. The summed E-state index contributed by atoms with van der Waals surface area (Å²) in [6.07, 6.45) is -2.53. The number of tetrazole rings is 1. The molecule has 2 aliphatic rings. The van der Waals surface area contributed by atoms with E-state index in [0.717, 1.165) is 38.1 Å². The molecule has 0 radical (unpaired) electrons. The Kier molecular flexibility index (Phi) is 5.11. The Hall–Kier alpha value is -2.04. The lowest BCUT2D eigenvalue weighted by molar-refractivity contribution is -0.137. The number of halogens is 3. The fourth-order valence-electron chi connectivity index (χ4n) is 3.53. The Balaban J connectivity index is 1.39. The first-order valence-corrected chi connectivity index (χ1v) is 8.91. The average Bonchev–Trinajstić information content (AvgIpc) is 3.34. The van der Waals surface area contributed by atoms with Crippen LogP contribution in [0.4, 0.5) is 13.2 Å². The number of piperidine rings is 1. The molecular weight excluding hydrogens is 363 g/mol. The fourth-order valence-corrected chi connectivity index (χ4v) is 3.53. The van der Waals surface area contributed by atoms with Gasteiger partial charge in [0.05, 0.1) is 31.0 Å². The van der Waals surface area contributed by atoms with Crippen molar-refractivity contribution < 1.29 is 22.6 Å². The molecule has 0 saturated carbocycles. The van der Waals surface area contributed by atoms with Gasteiger partial charge >= 0.3 is 6.18 Å². The molecular formula is C17H20F3N5O2. The molecule has 2 aliphatic heterocycles. The normalized spacial score (nSPS) is 20.4. The lowest BCUT2D eigenvalue weighted by atomic mass is 9.96. The van der Waals surface area contributed by atoms with Gasteiger partial charge in [-0.25, -0.2) is 0 Å². The van der Waals surface area contributed by atoms with E-state index in [1.54, 1.807) is 0 Å². The number of benzene rings is 1. The zero-order valence-electron chi connectivity index (χ0n) is 14.6. The van der Waals surface area contributed by atoms with Gasteiger partial charge in [0.25, 0.3) is 0 Å². The standard InChI is InChI=1S/C17H20F3N5O2/c18-17(19,20)13-1-3-14(4-2-13)25-15(21-22-23-25)11-24-7-5-12(6-8-24)16-26-9-10-27-16/h1-4,12,16H,5-11H2. The molecule has 2 fully saturated rings. The van der Waals surface area contributed by atoms with Gasteiger partial charge in [-0.05, 0) is 60.6 Å². The molecule has 27 heavy (non-hydrogen) atoms. The van der Waals surface area contributed by atoms with Crippen molar-refractivity contribution >= 4 is 0 Å². The van der Waals surface area contributed by atoms with Crippen molar-refractivity contribution in [1.82, 2.24) is 25.1 Å². The van der Waals surface area contributed by atoms with E-state index in [9.17, 15) is 13.2 Å². The molecule has 0 N–H and O–H groups in total. The maximum atomic E-state index is 12.7. The molecule has 10 heteroatoms. The summed E-state index contributed by atoms with van der Waals surface area (Å²) in [5, 5.41) is 11.7. The number of hydrogen-bond acceptors (Lipinski definition) is 6. The van der Waals surface area contributed by atoms with Crippen molar-refractivity contribution in [3.8, 4) is 5.69 Å². The van der Waals surface area contributed by atoms with Crippen molar-refractivity contribution in [2.24, 2.45) is 5.92 Å². The molecule has 146 valence electrons. The van der Waals surface area contributed by atoms with Gasteiger partial charge in [-0.1, -0.05) is 0 Å². The van der Waals surface area contributed by atoms with E-state index >= 15 is 0 Å². The van der Waals surface area contributed by atoms with E-state index in [2.05, 4.69) is 20.4 Å². The summed E-state index contributed by atoms with van der Waals surface area (Å²) in [7, 11) is 0. The van der Waals surface area contributed by atoms with Gasteiger partial charge in [-0.3, -0.25) is 4.90 Å². The number of rotatable bonds is 4. The monoisotopic (exact) mass is 383 g/mol. The second kappa shape index (κ2) is 7.53. The van der Waals surface area contributed by atoms with Crippen LogP contribution in [0.2, 0.25) is 0 Å². The van der Waals surface area contributed by atoms with Crippen molar-refractivity contribution in [2.75, 3.05) is 26.3 Å². The molecule has 0 spiro atoms. The van der Waals surface area contributed by atoms with Gasteiger partial charge < -0.3 is 9.47 Å². The van der Waals surface area contributed by atoms with Gasteiger partial charge in [-0.15, -0.1) is 5.10 Å². The molecule has 1 aromatic heterocycles. The minimum Gasteiger partial charge on any atom is -0.350 e. The summed E-state index contributed by atoms with van der Waals surface area (Å²) in [5.41, 5.74) is -0.190. The van der Waals surface area contributed by atoms with Crippen molar-refractivity contribution in [3.05, 3.63) is 35.7 Å². The highest BCUT2D eigenvalue weighted by atomic mass is 19.4. The zero-order valence-corrected chi connectivity index (χ0v) is 14.6. The molecule has 4 rings (SSSR count). The molecule has 1 aromatic carbocycles. The highest BCUT2D eigenvalue weighted by Crippen LogP contribution is 2.30. The Morgan fingerprint density at radius 1 is 1.04 bits per heavy atom. The quantitative estimate of drug-likeness (QED) is 0.807. The lowest BCUT2D eigenvalue weighted by Crippen LogP contribution is -2.38. The highest BCUT2D eigenvalue weighted by molar-refractivity contribution is 5.35. The van der Waals surface area contributed by atoms with Crippen LogP contribution in [0.3, 0.4) is 0 Å². The highest BCUT2D eigenvalue weighted by Gasteiger charge is 2.31. The Labute approximate surface area is 154 Å². The largest absolute Gasteiger partial charge is 0.416 e. The van der Waals surface area contributed by atoms with Crippen LogP contribution in [0.1, 0.15) is 24.2 Å². The Morgan fingerprint density at radius 2 is 1.70 bits per heavy atom. The van der Waals surface area contributed by atoms with E-state index < -0.39 is 11.7 Å². The van der Waals surface area contributed by atoms with E-state index in [4.69, 9.17) is 9.47 Å². The van der Waals surface area contributed by atoms with Gasteiger partial charge in [-0.2, -0.15) is 17.9 Å². The maximum absolute atomic E-state index is 12.7. The smallest absolute Gasteiger partial charge is 0.350 e. The first-order valence-electron chi connectivity index (χ1n) is 8.91. The number of hydrogen-bond donors (Lipinski definition) is 0. The Morgan fingerprint density at radius 3 is 2.33 bits per heavy atom. The number of nitrogens with zero attached hydrogens (tertiary/aromatic N) is 5. The second-order valence-electron chi connectivity index (χ2n) is 6.78. The summed E-state index contributed by atoms with van der Waals surface area (Å²) < 4.78 is 50.8. The topological polar surface area (TPSA) is 65.3 Å². The molecule has 7 nitrogen and oxygen atoms in total. The van der Waals surface area contributed by atoms with E-state index in [0.29, 0.717) is 37.2 Å². The summed E-state index contributed by atoms with van der Waals surface area (Å²) in [5.74, 6) is 0.997. The second-order valence-corrected chi connectivity index (χ2v) is 6.78. The van der Waals surface area contributed by atoms with E-state index in [-0.39, 0.29) is 6.29 Å². The first-order chi connectivity index (χ1) is 13.0. The number of aromatic nitrogens is 4. The molecule has 0 amide bonds. The van der Waals surface area contributed by atoms with Crippen molar-refractivity contribution in [3.63, 3.8) is 0 Å². The summed E-state index contributed by atoms with van der Waals surface area (Å²) in [6, 6.07) is 4.83. The number of alkyl halides is 3. The van der Waals surface area contributed by atoms with Crippen LogP contribution in [0, 0.1) is 5.92 Å². The SMILES string of the molecule is FC(F)(F)c1ccc(-n2nnnc2CN2CCC(C3OCCO3)CC2)cc1. The van der Waals surface area contributed by atoms with Crippen molar-refractivity contribution in [1.29, 1.82) is 0 Å². The van der Waals surface area contributed by atoms with Gasteiger partial charge in [0.2, 0.25) is 0 Å². The van der Waals surface area contributed by atoms with Crippen LogP contribution in [-0.4, -0.2) is 57.7 Å². The Bertz CT molecular complexity index is 751. The third kappa shape index (κ3) is 4.12. The minimum atomic E-state index is -4.36. The molecule has 0 aliphatic carbocycles. The van der Waals surface area contributed by atoms with Gasteiger partial charge in [0.1, 0.15) is 0 Å². The third-order valence-electron chi connectivity index (χ3n) is 5.00. The number of likely N-dealkylation sites (tertiary alicyclic amines) is 1. The minimum absolute atomic E-state index is 0.0929. The fraction of sp³-hybridized carbons (Fsp3) is 0.588. The maximum Gasteiger partial charge on any atom is 0.416 e. The van der Waals surface area contributed by atoms with E-state index in [1.165, 1.54) is 16.8 Å². The predicted molar refractivity (Wildman–Crippen MR) is 87.8 cm³/mol. The molecule has 2 aromatic rings. The zero-order chi connectivity index (χ0) is 18.9. The van der Waals surface area contributed by atoms with Crippen LogP contribution in [-0.2, 0) is 22.2 Å².